The van der Waals surface area contributed by atoms with Crippen LogP contribution in [0.4, 0.5) is 0 Å². The van der Waals surface area contributed by atoms with Crippen LogP contribution in [0.5, 0.6) is 0 Å². The lowest BCUT2D eigenvalue weighted by Gasteiger charge is -2.03. The summed E-state index contributed by atoms with van der Waals surface area (Å²) in [4.78, 5) is 4.35. The van der Waals surface area contributed by atoms with Crippen LogP contribution in [0, 0.1) is 13.8 Å². The zero-order valence-electron chi connectivity index (χ0n) is 7.31. The Morgan fingerprint density at radius 2 is 2.09 bits per heavy atom. The summed E-state index contributed by atoms with van der Waals surface area (Å²) in [5.41, 5.74) is 3.49. The minimum absolute atomic E-state index is 0.902. The van der Waals surface area contributed by atoms with E-state index in [1.165, 1.54) is 5.56 Å². The molecule has 0 aromatic carbocycles. The fourth-order valence-electron chi connectivity index (χ4n) is 1.09. The van der Waals surface area contributed by atoms with E-state index in [0.717, 1.165) is 17.9 Å². The quantitative estimate of drug-likeness (QED) is 0.689. The van der Waals surface area contributed by atoms with Crippen LogP contribution < -0.4 is 5.32 Å². The molecule has 0 amide bonds. The summed E-state index contributed by atoms with van der Waals surface area (Å²) in [5.74, 6) is 0. The minimum Gasteiger partial charge on any atom is -0.316 e. The second kappa shape index (κ2) is 3.49. The van der Waals surface area contributed by atoms with E-state index in [-0.39, 0.29) is 0 Å². The minimum atomic E-state index is 0.902. The van der Waals surface area contributed by atoms with Crippen molar-refractivity contribution in [3.63, 3.8) is 0 Å². The lowest BCUT2D eigenvalue weighted by molar-refractivity contribution is 0.802. The smallest absolute Gasteiger partial charge is 0.0420 e. The number of nitrogens with one attached hydrogen (secondary N) is 1. The number of nitrogens with zero attached hydrogens (tertiary/aromatic N) is 1. The van der Waals surface area contributed by atoms with Crippen molar-refractivity contribution in [2.24, 2.45) is 0 Å². The highest BCUT2D eigenvalue weighted by Crippen LogP contribution is 2.05. The molecule has 60 valence electrons. The van der Waals surface area contributed by atoms with Gasteiger partial charge < -0.3 is 5.32 Å². The van der Waals surface area contributed by atoms with Crippen molar-refractivity contribution in [2.75, 3.05) is 7.05 Å². The van der Waals surface area contributed by atoms with Gasteiger partial charge in [-0.3, -0.25) is 4.98 Å². The summed E-state index contributed by atoms with van der Waals surface area (Å²) in [7, 11) is 1.94. The third-order valence-electron chi connectivity index (χ3n) is 1.70. The Morgan fingerprint density at radius 3 is 2.64 bits per heavy atom. The SMILES string of the molecule is CNCc1ccc(C)nc1C. The van der Waals surface area contributed by atoms with Gasteiger partial charge in [-0.25, -0.2) is 0 Å². The van der Waals surface area contributed by atoms with Crippen molar-refractivity contribution in [1.29, 1.82) is 0 Å². The maximum Gasteiger partial charge on any atom is 0.0420 e. The molecule has 0 atom stereocenters. The first-order chi connectivity index (χ1) is 5.24. The van der Waals surface area contributed by atoms with Crippen LogP contribution in [0.3, 0.4) is 0 Å². The second-order valence-electron chi connectivity index (χ2n) is 2.73. The van der Waals surface area contributed by atoms with Crippen LogP contribution in [0.25, 0.3) is 0 Å². The summed E-state index contributed by atoms with van der Waals surface area (Å²) < 4.78 is 0. The molecule has 0 saturated heterocycles. The monoisotopic (exact) mass is 150 g/mol. The lowest BCUT2D eigenvalue weighted by atomic mass is 10.2. The average molecular weight is 150 g/mol. The van der Waals surface area contributed by atoms with Crippen molar-refractivity contribution in [3.8, 4) is 0 Å². The molecule has 0 saturated carbocycles. The molecule has 1 heterocycles. The van der Waals surface area contributed by atoms with Gasteiger partial charge in [0.1, 0.15) is 0 Å². The molecule has 0 aliphatic rings. The van der Waals surface area contributed by atoms with E-state index in [0.29, 0.717) is 0 Å². The molecule has 2 nitrogen and oxygen atoms in total. The highest BCUT2D eigenvalue weighted by molar-refractivity contribution is 5.21. The van der Waals surface area contributed by atoms with E-state index < -0.39 is 0 Å². The Hall–Kier alpha value is -0.890. The zero-order valence-corrected chi connectivity index (χ0v) is 7.31. The van der Waals surface area contributed by atoms with Gasteiger partial charge in [-0.1, -0.05) is 6.07 Å². The molecular weight excluding hydrogens is 136 g/mol. The van der Waals surface area contributed by atoms with Gasteiger partial charge in [-0.15, -0.1) is 0 Å². The highest BCUT2D eigenvalue weighted by Gasteiger charge is 1.96. The van der Waals surface area contributed by atoms with Crippen LogP contribution >= 0.6 is 0 Å². The standard InChI is InChI=1S/C9H14N2/c1-7-4-5-9(6-10-3)8(2)11-7/h4-5,10H,6H2,1-3H3. The first-order valence-corrected chi connectivity index (χ1v) is 3.82. The van der Waals surface area contributed by atoms with E-state index >= 15 is 0 Å². The van der Waals surface area contributed by atoms with Crippen LogP contribution in [0.15, 0.2) is 12.1 Å². The maximum atomic E-state index is 4.35. The topological polar surface area (TPSA) is 24.9 Å². The van der Waals surface area contributed by atoms with Gasteiger partial charge in [0.15, 0.2) is 0 Å². The van der Waals surface area contributed by atoms with Gasteiger partial charge in [0.05, 0.1) is 0 Å². The van der Waals surface area contributed by atoms with Gasteiger partial charge in [0.2, 0.25) is 0 Å². The Bertz CT molecular complexity index is 243. The van der Waals surface area contributed by atoms with Crippen molar-refractivity contribution in [2.45, 2.75) is 20.4 Å². The van der Waals surface area contributed by atoms with Crippen molar-refractivity contribution >= 4 is 0 Å². The molecule has 0 spiro atoms. The molecule has 0 bridgehead atoms. The van der Waals surface area contributed by atoms with Crippen LogP contribution in [-0.4, -0.2) is 12.0 Å². The fraction of sp³-hybridized carbons (Fsp3) is 0.444. The van der Waals surface area contributed by atoms with Gasteiger partial charge >= 0.3 is 0 Å². The van der Waals surface area contributed by atoms with E-state index in [9.17, 15) is 0 Å². The van der Waals surface area contributed by atoms with Crippen molar-refractivity contribution < 1.29 is 0 Å². The molecule has 0 aliphatic carbocycles. The molecule has 2 heteroatoms. The van der Waals surface area contributed by atoms with E-state index in [2.05, 4.69) is 16.4 Å². The summed E-state index contributed by atoms with van der Waals surface area (Å²) in [5, 5.41) is 3.10. The number of hydrogen-bond donors (Lipinski definition) is 1. The van der Waals surface area contributed by atoms with Gasteiger partial charge in [-0.2, -0.15) is 0 Å². The normalized spacial score (nSPS) is 10.1. The van der Waals surface area contributed by atoms with Crippen LogP contribution in [0.2, 0.25) is 0 Å². The van der Waals surface area contributed by atoms with E-state index in [1.807, 2.05) is 27.0 Å². The van der Waals surface area contributed by atoms with Gasteiger partial charge in [0, 0.05) is 17.9 Å². The number of rotatable bonds is 2. The summed E-state index contributed by atoms with van der Waals surface area (Å²) in [6.45, 7) is 4.95. The predicted octanol–water partition coefficient (Wildman–Crippen LogP) is 1.42. The Morgan fingerprint density at radius 1 is 1.36 bits per heavy atom. The molecule has 1 N–H and O–H groups in total. The van der Waals surface area contributed by atoms with Crippen molar-refractivity contribution in [1.82, 2.24) is 10.3 Å². The molecule has 0 fully saturated rings. The first kappa shape index (κ1) is 8.21. The third kappa shape index (κ3) is 2.02. The Labute approximate surface area is 67.7 Å². The first-order valence-electron chi connectivity index (χ1n) is 3.82. The maximum absolute atomic E-state index is 4.35. The number of pyridine rings is 1. The molecule has 11 heavy (non-hydrogen) atoms. The van der Waals surface area contributed by atoms with Gasteiger partial charge in [0.25, 0.3) is 0 Å². The van der Waals surface area contributed by atoms with E-state index in [4.69, 9.17) is 0 Å². The molecule has 1 aromatic rings. The van der Waals surface area contributed by atoms with Crippen LogP contribution in [0.1, 0.15) is 17.0 Å². The summed E-state index contributed by atoms with van der Waals surface area (Å²) in [6, 6.07) is 4.16. The largest absolute Gasteiger partial charge is 0.316 e. The summed E-state index contributed by atoms with van der Waals surface area (Å²) in [6.07, 6.45) is 0. The summed E-state index contributed by atoms with van der Waals surface area (Å²) >= 11 is 0. The van der Waals surface area contributed by atoms with Crippen LogP contribution in [-0.2, 0) is 6.54 Å². The number of aryl methyl sites for hydroxylation is 2. The van der Waals surface area contributed by atoms with Crippen molar-refractivity contribution in [3.05, 3.63) is 29.1 Å². The highest BCUT2D eigenvalue weighted by atomic mass is 14.8. The Balaban J connectivity index is 2.90. The Kier molecular flexibility index (Phi) is 2.60. The van der Waals surface area contributed by atoms with Gasteiger partial charge in [-0.05, 0) is 32.5 Å². The molecule has 0 aliphatic heterocycles. The molecule has 0 radical (unpaired) electrons. The third-order valence-corrected chi connectivity index (χ3v) is 1.70. The van der Waals surface area contributed by atoms with E-state index in [1.54, 1.807) is 0 Å². The predicted molar refractivity (Wildman–Crippen MR) is 46.5 cm³/mol. The number of hydrogen-bond acceptors (Lipinski definition) is 2. The average Bonchev–Trinajstić information content (AvgIpc) is 1.95. The molecular formula is C9H14N2. The molecule has 1 aromatic heterocycles. The molecule has 0 unspecified atom stereocenters. The zero-order chi connectivity index (χ0) is 8.27. The number of aromatic nitrogens is 1. The lowest BCUT2D eigenvalue weighted by Crippen LogP contribution is -2.07. The fourth-order valence-corrected chi connectivity index (χ4v) is 1.09. The second-order valence-corrected chi connectivity index (χ2v) is 2.73. The molecule has 1 rings (SSSR count).